The number of anilines is 1. The lowest BCUT2D eigenvalue weighted by Gasteiger charge is -2.08. The average molecular weight is 280 g/mol. The van der Waals surface area contributed by atoms with Crippen molar-refractivity contribution in [2.24, 2.45) is 0 Å². The predicted octanol–water partition coefficient (Wildman–Crippen LogP) is 2.11. The Kier molecular flexibility index (Phi) is 3.92. The standard InChI is InChI=1S/C13H16N2O3S/c1-10-5-3-4-6-12(10)15-19(16,17)13-8-7-11(18-13)9-14-2/h3-8,14-15H,9H2,1-2H3. The number of furan rings is 1. The van der Waals surface area contributed by atoms with Crippen molar-refractivity contribution in [2.75, 3.05) is 11.8 Å². The summed E-state index contributed by atoms with van der Waals surface area (Å²) in [6.07, 6.45) is 0. The van der Waals surface area contributed by atoms with Gasteiger partial charge in [-0.25, -0.2) is 0 Å². The van der Waals surface area contributed by atoms with Crippen molar-refractivity contribution in [2.45, 2.75) is 18.6 Å². The topological polar surface area (TPSA) is 71.3 Å². The highest BCUT2D eigenvalue weighted by Gasteiger charge is 2.19. The molecule has 2 aromatic rings. The van der Waals surface area contributed by atoms with Gasteiger partial charge < -0.3 is 9.73 Å². The van der Waals surface area contributed by atoms with Crippen LogP contribution in [0, 0.1) is 6.92 Å². The number of sulfonamides is 1. The van der Waals surface area contributed by atoms with Crippen LogP contribution in [0.1, 0.15) is 11.3 Å². The number of para-hydroxylation sites is 1. The Balaban J connectivity index is 2.25. The van der Waals surface area contributed by atoms with E-state index in [1.165, 1.54) is 6.07 Å². The normalized spacial score (nSPS) is 11.5. The fourth-order valence-corrected chi connectivity index (χ4v) is 2.74. The maximum Gasteiger partial charge on any atom is 0.295 e. The van der Waals surface area contributed by atoms with Crippen LogP contribution in [0.2, 0.25) is 0 Å². The lowest BCUT2D eigenvalue weighted by molar-refractivity contribution is 0.408. The minimum atomic E-state index is -3.68. The van der Waals surface area contributed by atoms with Gasteiger partial charge in [-0.3, -0.25) is 4.72 Å². The molecule has 0 saturated heterocycles. The van der Waals surface area contributed by atoms with E-state index in [-0.39, 0.29) is 5.09 Å². The van der Waals surface area contributed by atoms with Gasteiger partial charge in [-0.05, 0) is 37.7 Å². The van der Waals surface area contributed by atoms with E-state index in [4.69, 9.17) is 4.42 Å². The second kappa shape index (κ2) is 5.46. The molecule has 0 fully saturated rings. The molecule has 0 bridgehead atoms. The number of hydrogen-bond acceptors (Lipinski definition) is 4. The van der Waals surface area contributed by atoms with Crippen molar-refractivity contribution >= 4 is 15.7 Å². The third-order valence-electron chi connectivity index (χ3n) is 2.64. The molecule has 0 amide bonds. The Morgan fingerprint density at radius 1 is 1.16 bits per heavy atom. The van der Waals surface area contributed by atoms with Gasteiger partial charge in [0.2, 0.25) is 5.09 Å². The molecule has 1 aromatic heterocycles. The first-order valence-corrected chi connectivity index (χ1v) is 7.33. The predicted molar refractivity (Wildman–Crippen MR) is 73.5 cm³/mol. The van der Waals surface area contributed by atoms with E-state index in [0.717, 1.165) is 5.56 Å². The summed E-state index contributed by atoms with van der Waals surface area (Å²) in [5.41, 5.74) is 1.40. The molecule has 5 nitrogen and oxygen atoms in total. The van der Waals surface area contributed by atoms with Gasteiger partial charge in [-0.15, -0.1) is 0 Å². The molecular formula is C13H16N2O3S. The molecule has 0 aliphatic carbocycles. The Morgan fingerprint density at radius 2 is 1.89 bits per heavy atom. The summed E-state index contributed by atoms with van der Waals surface area (Å²) in [7, 11) is -1.91. The van der Waals surface area contributed by atoms with Crippen molar-refractivity contribution in [3.63, 3.8) is 0 Å². The molecule has 6 heteroatoms. The molecule has 19 heavy (non-hydrogen) atoms. The van der Waals surface area contributed by atoms with Gasteiger partial charge in [0, 0.05) is 0 Å². The minimum absolute atomic E-state index is 0.0824. The fraction of sp³-hybridized carbons (Fsp3) is 0.231. The smallest absolute Gasteiger partial charge is 0.295 e. The van der Waals surface area contributed by atoms with Gasteiger partial charge in [-0.2, -0.15) is 8.42 Å². The molecule has 2 N–H and O–H groups in total. The first-order valence-electron chi connectivity index (χ1n) is 5.84. The van der Waals surface area contributed by atoms with Crippen molar-refractivity contribution in [3.05, 3.63) is 47.7 Å². The van der Waals surface area contributed by atoms with E-state index in [2.05, 4.69) is 10.0 Å². The molecule has 0 spiro atoms. The van der Waals surface area contributed by atoms with Crippen LogP contribution >= 0.6 is 0 Å². The minimum Gasteiger partial charge on any atom is -0.446 e. The van der Waals surface area contributed by atoms with Gasteiger partial charge in [0.05, 0.1) is 12.2 Å². The summed E-state index contributed by atoms with van der Waals surface area (Å²) in [5.74, 6) is 0.577. The first-order chi connectivity index (χ1) is 9.03. The van der Waals surface area contributed by atoms with Crippen LogP contribution in [-0.4, -0.2) is 15.5 Å². The van der Waals surface area contributed by atoms with Crippen LogP contribution in [0.25, 0.3) is 0 Å². The van der Waals surface area contributed by atoms with Gasteiger partial charge in [-0.1, -0.05) is 18.2 Å². The summed E-state index contributed by atoms with van der Waals surface area (Å²) < 4.78 is 32.1. The molecule has 1 heterocycles. The summed E-state index contributed by atoms with van der Waals surface area (Å²) in [6.45, 7) is 2.33. The Bertz CT molecular complexity index is 662. The second-order valence-corrected chi connectivity index (χ2v) is 5.78. The fourth-order valence-electron chi connectivity index (χ4n) is 1.65. The third kappa shape index (κ3) is 3.15. The lowest BCUT2D eigenvalue weighted by atomic mass is 10.2. The van der Waals surface area contributed by atoms with Crippen molar-refractivity contribution in [1.82, 2.24) is 5.32 Å². The molecular weight excluding hydrogens is 264 g/mol. The van der Waals surface area contributed by atoms with Crippen LogP contribution in [0.15, 0.2) is 45.9 Å². The largest absolute Gasteiger partial charge is 0.446 e. The first kappa shape index (κ1) is 13.6. The number of nitrogens with one attached hydrogen (secondary N) is 2. The number of benzene rings is 1. The molecule has 0 atom stereocenters. The van der Waals surface area contributed by atoms with Gasteiger partial charge in [0.1, 0.15) is 5.76 Å². The van der Waals surface area contributed by atoms with Crippen molar-refractivity contribution in [1.29, 1.82) is 0 Å². The highest BCUT2D eigenvalue weighted by atomic mass is 32.2. The molecule has 0 unspecified atom stereocenters. The van der Waals surface area contributed by atoms with E-state index in [0.29, 0.717) is 18.0 Å². The van der Waals surface area contributed by atoms with Crippen molar-refractivity contribution in [3.8, 4) is 0 Å². The maximum absolute atomic E-state index is 12.1. The van der Waals surface area contributed by atoms with Crippen LogP contribution in [0.3, 0.4) is 0 Å². The van der Waals surface area contributed by atoms with Crippen LogP contribution in [0.4, 0.5) is 5.69 Å². The lowest BCUT2D eigenvalue weighted by Crippen LogP contribution is -2.13. The SMILES string of the molecule is CNCc1ccc(S(=O)(=O)Nc2ccccc2C)o1. The van der Waals surface area contributed by atoms with Crippen LogP contribution in [0.5, 0.6) is 0 Å². The molecule has 0 aliphatic heterocycles. The number of hydrogen-bond donors (Lipinski definition) is 2. The number of rotatable bonds is 5. The Hall–Kier alpha value is -1.79. The molecule has 0 saturated carbocycles. The monoisotopic (exact) mass is 280 g/mol. The van der Waals surface area contributed by atoms with E-state index in [1.54, 1.807) is 25.2 Å². The number of aryl methyl sites for hydroxylation is 1. The summed E-state index contributed by atoms with van der Waals surface area (Å²) in [5, 5.41) is 2.82. The van der Waals surface area contributed by atoms with E-state index in [1.807, 2.05) is 19.1 Å². The zero-order valence-corrected chi connectivity index (χ0v) is 11.6. The van der Waals surface area contributed by atoms with E-state index >= 15 is 0 Å². The molecule has 102 valence electrons. The van der Waals surface area contributed by atoms with E-state index < -0.39 is 10.0 Å². The Labute approximate surface area is 112 Å². The van der Waals surface area contributed by atoms with Gasteiger partial charge in [0.15, 0.2) is 0 Å². The summed E-state index contributed by atoms with van der Waals surface area (Å²) in [4.78, 5) is 0. The highest BCUT2D eigenvalue weighted by Crippen LogP contribution is 2.20. The van der Waals surface area contributed by atoms with Crippen LogP contribution < -0.4 is 10.0 Å². The molecule has 0 radical (unpaired) electrons. The zero-order chi connectivity index (χ0) is 13.9. The van der Waals surface area contributed by atoms with Crippen molar-refractivity contribution < 1.29 is 12.8 Å². The van der Waals surface area contributed by atoms with Gasteiger partial charge in [0.25, 0.3) is 10.0 Å². The average Bonchev–Trinajstić information content (AvgIpc) is 2.82. The summed E-state index contributed by atoms with van der Waals surface area (Å²) in [6, 6.07) is 10.3. The molecule has 2 rings (SSSR count). The quantitative estimate of drug-likeness (QED) is 0.880. The second-order valence-electron chi connectivity index (χ2n) is 4.17. The van der Waals surface area contributed by atoms with E-state index in [9.17, 15) is 8.42 Å². The molecule has 1 aromatic carbocycles. The third-order valence-corrected chi connectivity index (χ3v) is 3.88. The van der Waals surface area contributed by atoms with Gasteiger partial charge >= 0.3 is 0 Å². The Morgan fingerprint density at radius 3 is 2.58 bits per heavy atom. The zero-order valence-electron chi connectivity index (χ0n) is 10.8. The highest BCUT2D eigenvalue weighted by molar-refractivity contribution is 7.92. The van der Waals surface area contributed by atoms with Crippen LogP contribution in [-0.2, 0) is 16.6 Å². The summed E-state index contributed by atoms with van der Waals surface area (Å²) >= 11 is 0. The molecule has 0 aliphatic rings. The maximum atomic E-state index is 12.1.